The predicted molar refractivity (Wildman–Crippen MR) is 66.6 cm³/mol. The summed E-state index contributed by atoms with van der Waals surface area (Å²) in [6.45, 7) is 6.91. The lowest BCUT2D eigenvalue weighted by molar-refractivity contribution is -0.133. The van der Waals surface area contributed by atoms with Gasteiger partial charge in [0, 0.05) is 13.0 Å². The van der Waals surface area contributed by atoms with Gasteiger partial charge in [0.2, 0.25) is 5.91 Å². The van der Waals surface area contributed by atoms with Crippen molar-refractivity contribution in [3.8, 4) is 0 Å². The molecule has 1 heterocycles. The zero-order valence-electron chi connectivity index (χ0n) is 9.17. The summed E-state index contributed by atoms with van der Waals surface area (Å²) >= 11 is 1.79. The topological polar surface area (TPSA) is 20.3 Å². The molecular weight excluding hydrogens is 194 g/mol. The quantitative estimate of drug-likeness (QED) is 0.709. The predicted octanol–water partition coefficient (Wildman–Crippen LogP) is 3.37. The van der Waals surface area contributed by atoms with Gasteiger partial charge in [-0.05, 0) is 26.0 Å². The summed E-state index contributed by atoms with van der Waals surface area (Å²) in [4.78, 5) is 13.3. The first-order chi connectivity index (χ1) is 6.29. The lowest BCUT2D eigenvalue weighted by Gasteiger charge is -2.33. The number of hydrogen-bond donors (Lipinski definition) is 0. The van der Waals surface area contributed by atoms with Crippen molar-refractivity contribution in [2.75, 3.05) is 12.8 Å². The van der Waals surface area contributed by atoms with E-state index < -0.39 is 0 Å². The van der Waals surface area contributed by atoms with Crippen LogP contribution in [0.3, 0.4) is 0 Å². The second-order valence-electron chi connectivity index (χ2n) is 2.76. The molecule has 2 nitrogen and oxygen atoms in total. The van der Waals surface area contributed by atoms with E-state index in [0.29, 0.717) is 11.3 Å². The van der Waals surface area contributed by atoms with Gasteiger partial charge >= 0.3 is 0 Å². The highest BCUT2D eigenvalue weighted by Gasteiger charge is 2.25. The Kier molecular flexibility index (Phi) is 10.9. The van der Waals surface area contributed by atoms with Crippen LogP contribution in [-0.2, 0) is 4.79 Å². The fourth-order valence-corrected chi connectivity index (χ4v) is 2.44. The van der Waals surface area contributed by atoms with Crippen LogP contribution in [0, 0.1) is 0 Å². The van der Waals surface area contributed by atoms with Crippen molar-refractivity contribution in [2.24, 2.45) is 0 Å². The van der Waals surface area contributed by atoms with Gasteiger partial charge in [-0.1, -0.05) is 21.3 Å². The molecule has 1 amide bonds. The molecule has 0 bridgehead atoms. The SMILES string of the molecule is C.CC.CCN1C(=O)CCCC1SC. The lowest BCUT2D eigenvalue weighted by Crippen LogP contribution is -2.41. The summed E-state index contributed by atoms with van der Waals surface area (Å²) in [7, 11) is 0. The first-order valence-electron chi connectivity index (χ1n) is 5.12. The molecule has 1 aliphatic rings. The van der Waals surface area contributed by atoms with Crippen molar-refractivity contribution in [3.05, 3.63) is 0 Å². The van der Waals surface area contributed by atoms with Crippen molar-refractivity contribution in [3.63, 3.8) is 0 Å². The number of rotatable bonds is 2. The summed E-state index contributed by atoms with van der Waals surface area (Å²) < 4.78 is 0. The van der Waals surface area contributed by atoms with Gasteiger partial charge in [-0.25, -0.2) is 0 Å². The number of carbonyl (C=O) groups is 1. The highest BCUT2D eigenvalue weighted by atomic mass is 32.2. The average molecular weight is 219 g/mol. The standard InChI is InChI=1S/C8H15NOS.C2H6.CH4/c1-3-9-7(10)5-4-6-8(9)11-2;1-2;/h8H,3-6H2,1-2H3;1-2H3;1H4. The number of likely N-dealkylation sites (tertiary alicyclic amines) is 1. The second kappa shape index (κ2) is 9.38. The van der Waals surface area contributed by atoms with Crippen LogP contribution in [0.15, 0.2) is 0 Å². The Bertz CT molecular complexity index is 150. The molecule has 0 aromatic heterocycles. The van der Waals surface area contributed by atoms with E-state index in [2.05, 4.69) is 6.26 Å². The van der Waals surface area contributed by atoms with Crippen LogP contribution >= 0.6 is 11.8 Å². The van der Waals surface area contributed by atoms with Crippen LogP contribution in [0.1, 0.15) is 47.5 Å². The van der Waals surface area contributed by atoms with E-state index in [1.807, 2.05) is 25.7 Å². The van der Waals surface area contributed by atoms with Gasteiger partial charge in [-0.15, -0.1) is 11.8 Å². The molecule has 0 aliphatic carbocycles. The van der Waals surface area contributed by atoms with E-state index >= 15 is 0 Å². The highest BCUT2D eigenvalue weighted by Crippen LogP contribution is 2.24. The minimum absolute atomic E-state index is 0. The van der Waals surface area contributed by atoms with E-state index in [1.54, 1.807) is 11.8 Å². The van der Waals surface area contributed by atoms with Crippen molar-refractivity contribution in [1.29, 1.82) is 0 Å². The van der Waals surface area contributed by atoms with Crippen LogP contribution in [0.2, 0.25) is 0 Å². The lowest BCUT2D eigenvalue weighted by atomic mass is 10.1. The molecule has 0 aromatic rings. The summed E-state index contributed by atoms with van der Waals surface area (Å²) in [5, 5.41) is 0.446. The maximum atomic E-state index is 11.3. The molecule has 0 saturated carbocycles. The zero-order chi connectivity index (χ0) is 10.3. The third-order valence-corrected chi connectivity index (χ3v) is 3.16. The van der Waals surface area contributed by atoms with E-state index in [-0.39, 0.29) is 7.43 Å². The van der Waals surface area contributed by atoms with Gasteiger partial charge in [-0.2, -0.15) is 0 Å². The van der Waals surface area contributed by atoms with Crippen LogP contribution in [0.4, 0.5) is 0 Å². The Morgan fingerprint density at radius 2 is 2.07 bits per heavy atom. The minimum Gasteiger partial charge on any atom is -0.331 e. The van der Waals surface area contributed by atoms with E-state index in [9.17, 15) is 4.79 Å². The number of hydrogen-bond acceptors (Lipinski definition) is 2. The molecule has 3 heteroatoms. The molecule has 0 aromatic carbocycles. The molecule has 1 aliphatic heterocycles. The van der Waals surface area contributed by atoms with Crippen LogP contribution in [0.25, 0.3) is 0 Å². The highest BCUT2D eigenvalue weighted by molar-refractivity contribution is 7.99. The maximum Gasteiger partial charge on any atom is 0.223 e. The number of amides is 1. The summed E-state index contributed by atoms with van der Waals surface area (Å²) in [5.74, 6) is 0.332. The van der Waals surface area contributed by atoms with Crippen molar-refractivity contribution in [1.82, 2.24) is 4.90 Å². The molecule has 0 spiro atoms. The number of thioether (sulfide) groups is 1. The van der Waals surface area contributed by atoms with Gasteiger partial charge in [0.1, 0.15) is 0 Å². The Morgan fingerprint density at radius 3 is 2.43 bits per heavy atom. The first kappa shape index (κ1) is 16.3. The Morgan fingerprint density at radius 1 is 1.50 bits per heavy atom. The van der Waals surface area contributed by atoms with Gasteiger partial charge < -0.3 is 4.90 Å². The first-order valence-corrected chi connectivity index (χ1v) is 6.40. The Hall–Kier alpha value is -0.180. The number of nitrogens with zero attached hydrogens (tertiary/aromatic N) is 1. The van der Waals surface area contributed by atoms with Gasteiger partial charge in [0.05, 0.1) is 5.37 Å². The van der Waals surface area contributed by atoms with Crippen molar-refractivity contribution in [2.45, 2.75) is 52.8 Å². The number of piperidine rings is 1. The molecule has 1 saturated heterocycles. The molecule has 1 atom stereocenters. The van der Waals surface area contributed by atoms with Gasteiger partial charge in [0.15, 0.2) is 0 Å². The maximum absolute atomic E-state index is 11.3. The molecule has 1 unspecified atom stereocenters. The molecule has 1 rings (SSSR count). The molecule has 14 heavy (non-hydrogen) atoms. The minimum atomic E-state index is 0. The van der Waals surface area contributed by atoms with Crippen LogP contribution in [0.5, 0.6) is 0 Å². The van der Waals surface area contributed by atoms with Crippen molar-refractivity contribution < 1.29 is 4.79 Å². The molecule has 1 fully saturated rings. The van der Waals surface area contributed by atoms with E-state index in [0.717, 1.165) is 19.4 Å². The monoisotopic (exact) mass is 219 g/mol. The summed E-state index contributed by atoms with van der Waals surface area (Å²) in [6, 6.07) is 0. The van der Waals surface area contributed by atoms with Crippen LogP contribution in [-0.4, -0.2) is 29.0 Å². The fourth-order valence-electron chi connectivity index (χ4n) is 1.51. The molecule has 0 radical (unpaired) electrons. The molecule has 86 valence electrons. The smallest absolute Gasteiger partial charge is 0.223 e. The normalized spacial score (nSPS) is 20.7. The largest absolute Gasteiger partial charge is 0.331 e. The van der Waals surface area contributed by atoms with Crippen LogP contribution < -0.4 is 0 Å². The molecular formula is C11H25NOS. The summed E-state index contributed by atoms with van der Waals surface area (Å²) in [6.07, 6.45) is 5.07. The molecule has 0 N–H and O–H groups in total. The fraction of sp³-hybridized carbons (Fsp3) is 0.909. The zero-order valence-corrected chi connectivity index (χ0v) is 9.99. The second-order valence-corrected chi connectivity index (χ2v) is 3.78. The third-order valence-electron chi connectivity index (χ3n) is 2.12. The average Bonchev–Trinajstić information content (AvgIpc) is 2.20. The third kappa shape index (κ3) is 4.36. The Labute approximate surface area is 93.4 Å². The van der Waals surface area contributed by atoms with Crippen molar-refractivity contribution >= 4 is 17.7 Å². The summed E-state index contributed by atoms with van der Waals surface area (Å²) in [5.41, 5.74) is 0. The van der Waals surface area contributed by atoms with E-state index in [1.165, 1.54) is 6.42 Å². The number of carbonyl (C=O) groups excluding carboxylic acids is 1. The Balaban J connectivity index is 0. The van der Waals surface area contributed by atoms with Gasteiger partial charge in [-0.3, -0.25) is 4.79 Å². The van der Waals surface area contributed by atoms with Gasteiger partial charge in [0.25, 0.3) is 0 Å². The van der Waals surface area contributed by atoms with E-state index in [4.69, 9.17) is 0 Å².